The highest BCUT2D eigenvalue weighted by molar-refractivity contribution is 5.77. The quantitative estimate of drug-likeness (QED) is 0.509. The Morgan fingerprint density at radius 2 is 2.12 bits per heavy atom. The van der Waals surface area contributed by atoms with Gasteiger partial charge in [-0.1, -0.05) is 0 Å². The Morgan fingerprint density at radius 1 is 1.31 bits per heavy atom. The van der Waals surface area contributed by atoms with Gasteiger partial charge in [-0.2, -0.15) is 0 Å². The summed E-state index contributed by atoms with van der Waals surface area (Å²) in [6, 6.07) is 0. The van der Waals surface area contributed by atoms with Crippen LogP contribution >= 0.6 is 0 Å². The summed E-state index contributed by atoms with van der Waals surface area (Å²) in [5, 5.41) is 5.76. The van der Waals surface area contributed by atoms with Gasteiger partial charge in [-0.15, -0.1) is 0 Å². The first-order valence-electron chi connectivity index (χ1n) is 5.87. The van der Waals surface area contributed by atoms with Gasteiger partial charge in [-0.05, 0) is 18.8 Å². The van der Waals surface area contributed by atoms with Crippen molar-refractivity contribution >= 4 is 5.91 Å². The van der Waals surface area contributed by atoms with Crippen LogP contribution in [0.25, 0.3) is 0 Å². The van der Waals surface area contributed by atoms with E-state index in [-0.39, 0.29) is 5.91 Å². The Morgan fingerprint density at radius 3 is 2.81 bits per heavy atom. The first-order chi connectivity index (χ1) is 7.83. The van der Waals surface area contributed by atoms with E-state index >= 15 is 0 Å². The second-order valence-corrected chi connectivity index (χ2v) is 4.04. The molecule has 0 bridgehead atoms. The first-order valence-corrected chi connectivity index (χ1v) is 5.87. The third-order valence-corrected chi connectivity index (χ3v) is 2.39. The number of methoxy groups -OCH3 is 1. The summed E-state index contributed by atoms with van der Waals surface area (Å²) in [5.41, 5.74) is 0. The molecule has 1 fully saturated rings. The molecule has 5 heteroatoms. The molecule has 1 saturated carbocycles. The van der Waals surface area contributed by atoms with E-state index in [4.69, 9.17) is 9.47 Å². The van der Waals surface area contributed by atoms with Crippen LogP contribution in [0, 0.1) is 5.92 Å². The molecule has 1 rings (SSSR count). The molecule has 0 heterocycles. The number of hydrogen-bond donors (Lipinski definition) is 2. The summed E-state index contributed by atoms with van der Waals surface area (Å²) in [7, 11) is 1.61. The molecule has 16 heavy (non-hydrogen) atoms. The van der Waals surface area contributed by atoms with E-state index in [1.54, 1.807) is 7.11 Å². The lowest BCUT2D eigenvalue weighted by Crippen LogP contribution is -2.36. The second kappa shape index (κ2) is 8.50. The van der Waals surface area contributed by atoms with Gasteiger partial charge in [0.1, 0.15) is 0 Å². The van der Waals surface area contributed by atoms with Crippen LogP contribution in [-0.4, -0.2) is 52.5 Å². The molecule has 1 amide bonds. The predicted molar refractivity (Wildman–Crippen MR) is 61.3 cm³/mol. The second-order valence-electron chi connectivity index (χ2n) is 4.04. The lowest BCUT2D eigenvalue weighted by molar-refractivity contribution is -0.120. The van der Waals surface area contributed by atoms with E-state index in [2.05, 4.69) is 10.6 Å². The average Bonchev–Trinajstić information content (AvgIpc) is 3.07. The van der Waals surface area contributed by atoms with Crippen molar-refractivity contribution in [2.75, 3.05) is 46.6 Å². The largest absolute Gasteiger partial charge is 0.383 e. The van der Waals surface area contributed by atoms with Crippen molar-refractivity contribution in [1.29, 1.82) is 0 Å². The SMILES string of the molecule is COCCNC(=O)CNCCOCC1CC1. The summed E-state index contributed by atoms with van der Waals surface area (Å²) >= 11 is 0. The number of carbonyl (C=O) groups is 1. The zero-order valence-corrected chi connectivity index (χ0v) is 9.96. The van der Waals surface area contributed by atoms with E-state index in [1.165, 1.54) is 12.8 Å². The molecule has 0 radical (unpaired) electrons. The normalized spacial score (nSPS) is 15.1. The maximum atomic E-state index is 11.2. The summed E-state index contributed by atoms with van der Waals surface area (Å²) in [5.74, 6) is 0.802. The highest BCUT2D eigenvalue weighted by atomic mass is 16.5. The molecule has 2 N–H and O–H groups in total. The highest BCUT2D eigenvalue weighted by Gasteiger charge is 2.20. The molecule has 0 unspecified atom stereocenters. The molecule has 0 spiro atoms. The minimum absolute atomic E-state index is 0.000701. The summed E-state index contributed by atoms with van der Waals surface area (Å²) in [6.45, 7) is 3.75. The number of hydrogen-bond acceptors (Lipinski definition) is 4. The first kappa shape index (κ1) is 13.4. The van der Waals surface area contributed by atoms with Gasteiger partial charge in [0.25, 0.3) is 0 Å². The molecule has 0 atom stereocenters. The summed E-state index contributed by atoms with van der Waals surface area (Å²) in [4.78, 5) is 11.2. The standard InChI is InChI=1S/C11H22N2O3/c1-15-6-5-13-11(14)8-12-4-7-16-9-10-2-3-10/h10,12H,2-9H2,1H3,(H,13,14). The number of nitrogens with one attached hydrogen (secondary N) is 2. The lowest BCUT2D eigenvalue weighted by atomic mass is 10.5. The Hall–Kier alpha value is -0.650. The molecule has 1 aliphatic carbocycles. The van der Waals surface area contributed by atoms with Crippen molar-refractivity contribution < 1.29 is 14.3 Å². The maximum absolute atomic E-state index is 11.2. The Labute approximate surface area is 96.9 Å². The van der Waals surface area contributed by atoms with Crippen LogP contribution in [0.15, 0.2) is 0 Å². The lowest BCUT2D eigenvalue weighted by Gasteiger charge is -2.06. The van der Waals surface area contributed by atoms with Gasteiger partial charge < -0.3 is 20.1 Å². The highest BCUT2D eigenvalue weighted by Crippen LogP contribution is 2.28. The van der Waals surface area contributed by atoms with Gasteiger partial charge >= 0.3 is 0 Å². The average molecular weight is 230 g/mol. The molecular weight excluding hydrogens is 208 g/mol. The maximum Gasteiger partial charge on any atom is 0.234 e. The van der Waals surface area contributed by atoms with Gasteiger partial charge in [0, 0.05) is 26.8 Å². The van der Waals surface area contributed by atoms with Crippen LogP contribution < -0.4 is 10.6 Å². The van der Waals surface area contributed by atoms with E-state index in [9.17, 15) is 4.79 Å². The van der Waals surface area contributed by atoms with E-state index < -0.39 is 0 Å². The van der Waals surface area contributed by atoms with Gasteiger partial charge in [-0.25, -0.2) is 0 Å². The van der Waals surface area contributed by atoms with E-state index in [1.807, 2.05) is 0 Å². The molecule has 0 aliphatic heterocycles. The summed E-state index contributed by atoms with van der Waals surface area (Å²) < 4.78 is 10.2. The molecule has 0 aromatic carbocycles. The molecule has 0 aromatic rings. The van der Waals surface area contributed by atoms with Crippen molar-refractivity contribution in [2.24, 2.45) is 5.92 Å². The molecule has 0 aromatic heterocycles. The van der Waals surface area contributed by atoms with Crippen LogP contribution in [0.1, 0.15) is 12.8 Å². The van der Waals surface area contributed by atoms with Crippen molar-refractivity contribution in [3.8, 4) is 0 Å². The minimum Gasteiger partial charge on any atom is -0.383 e. The fraction of sp³-hybridized carbons (Fsp3) is 0.909. The predicted octanol–water partition coefficient (Wildman–Crippen LogP) is -0.235. The van der Waals surface area contributed by atoms with Gasteiger partial charge in [0.2, 0.25) is 5.91 Å². The molecule has 1 aliphatic rings. The zero-order valence-electron chi connectivity index (χ0n) is 9.96. The smallest absolute Gasteiger partial charge is 0.234 e. The Kier molecular flexibility index (Phi) is 7.12. The molecule has 0 saturated heterocycles. The third kappa shape index (κ3) is 7.62. The van der Waals surface area contributed by atoms with E-state index in [0.717, 1.165) is 19.1 Å². The van der Waals surface area contributed by atoms with Crippen LogP contribution in [0.5, 0.6) is 0 Å². The summed E-state index contributed by atoms with van der Waals surface area (Å²) in [6.07, 6.45) is 2.63. The third-order valence-electron chi connectivity index (χ3n) is 2.39. The number of ether oxygens (including phenoxy) is 2. The number of amides is 1. The number of carbonyl (C=O) groups excluding carboxylic acids is 1. The van der Waals surface area contributed by atoms with Crippen molar-refractivity contribution in [3.05, 3.63) is 0 Å². The minimum atomic E-state index is -0.000701. The van der Waals surface area contributed by atoms with Gasteiger partial charge in [0.15, 0.2) is 0 Å². The fourth-order valence-electron chi connectivity index (χ4n) is 1.24. The van der Waals surface area contributed by atoms with Crippen LogP contribution in [0.3, 0.4) is 0 Å². The van der Waals surface area contributed by atoms with Crippen LogP contribution in [-0.2, 0) is 14.3 Å². The Bertz CT molecular complexity index is 196. The van der Waals surface area contributed by atoms with Gasteiger partial charge in [0.05, 0.1) is 19.8 Å². The fourth-order valence-corrected chi connectivity index (χ4v) is 1.24. The van der Waals surface area contributed by atoms with Gasteiger partial charge in [-0.3, -0.25) is 4.79 Å². The van der Waals surface area contributed by atoms with Crippen LogP contribution in [0.2, 0.25) is 0 Å². The van der Waals surface area contributed by atoms with Crippen LogP contribution in [0.4, 0.5) is 0 Å². The van der Waals surface area contributed by atoms with Crippen molar-refractivity contribution in [3.63, 3.8) is 0 Å². The monoisotopic (exact) mass is 230 g/mol. The van der Waals surface area contributed by atoms with Crippen molar-refractivity contribution in [1.82, 2.24) is 10.6 Å². The molecule has 5 nitrogen and oxygen atoms in total. The molecular formula is C11H22N2O3. The van der Waals surface area contributed by atoms with E-state index in [0.29, 0.717) is 26.3 Å². The number of rotatable bonds is 10. The molecule has 94 valence electrons. The zero-order chi connectivity index (χ0) is 11.6. The van der Waals surface area contributed by atoms with Crippen molar-refractivity contribution in [2.45, 2.75) is 12.8 Å². The topological polar surface area (TPSA) is 59.6 Å². The Balaban J connectivity index is 1.76.